The van der Waals surface area contributed by atoms with E-state index in [0.29, 0.717) is 18.0 Å². The molecule has 1 N–H and O–H groups in total. The largest absolute Gasteiger partial charge is 0.484 e. The van der Waals surface area contributed by atoms with Crippen LogP contribution in [0.2, 0.25) is 0 Å². The molecular weight excluding hydrogens is 348 g/mol. The number of aromatic nitrogens is 2. The van der Waals surface area contributed by atoms with Gasteiger partial charge in [-0.15, -0.1) is 0 Å². The first-order chi connectivity index (χ1) is 13.0. The van der Waals surface area contributed by atoms with Gasteiger partial charge in [0, 0.05) is 18.3 Å². The van der Waals surface area contributed by atoms with Gasteiger partial charge < -0.3 is 10.1 Å². The predicted molar refractivity (Wildman–Crippen MR) is 99.7 cm³/mol. The Kier molecular flexibility index (Phi) is 5.46. The number of benzene rings is 2. The summed E-state index contributed by atoms with van der Waals surface area (Å²) < 4.78 is 7.08. The van der Waals surface area contributed by atoms with Gasteiger partial charge in [-0.3, -0.25) is 19.6 Å². The monoisotopic (exact) mass is 366 g/mol. The van der Waals surface area contributed by atoms with Gasteiger partial charge in [0.1, 0.15) is 5.75 Å². The third-order valence-corrected chi connectivity index (χ3v) is 3.93. The minimum Gasteiger partial charge on any atom is -0.484 e. The van der Waals surface area contributed by atoms with E-state index in [4.69, 9.17) is 4.74 Å². The Morgan fingerprint density at radius 3 is 2.67 bits per heavy atom. The van der Waals surface area contributed by atoms with Gasteiger partial charge in [-0.2, -0.15) is 5.10 Å². The van der Waals surface area contributed by atoms with E-state index in [1.165, 1.54) is 29.8 Å². The zero-order valence-electron chi connectivity index (χ0n) is 14.7. The Labute approximate surface area is 155 Å². The van der Waals surface area contributed by atoms with Crippen LogP contribution in [-0.4, -0.2) is 27.2 Å². The molecule has 8 heteroatoms. The van der Waals surface area contributed by atoms with Gasteiger partial charge in [0.25, 0.3) is 11.6 Å². The van der Waals surface area contributed by atoms with Gasteiger partial charge in [-0.05, 0) is 30.2 Å². The third kappa shape index (κ3) is 4.91. The van der Waals surface area contributed by atoms with Gasteiger partial charge in [-0.25, -0.2) is 0 Å². The number of anilines is 1. The lowest BCUT2D eigenvalue weighted by atomic mass is 10.1. The van der Waals surface area contributed by atoms with Crippen LogP contribution >= 0.6 is 0 Å². The zero-order valence-corrected chi connectivity index (χ0v) is 14.7. The van der Waals surface area contributed by atoms with Crippen LogP contribution in [0.5, 0.6) is 5.75 Å². The minimum atomic E-state index is -0.495. The first-order valence-electron chi connectivity index (χ1n) is 8.25. The molecule has 0 saturated heterocycles. The van der Waals surface area contributed by atoms with E-state index in [0.717, 1.165) is 5.56 Å². The van der Waals surface area contributed by atoms with Crippen molar-refractivity contribution in [3.63, 3.8) is 0 Å². The number of nitrogens with zero attached hydrogens (tertiary/aromatic N) is 3. The molecule has 0 bridgehead atoms. The highest BCUT2D eigenvalue weighted by molar-refractivity contribution is 5.91. The number of nitrogens with one attached hydrogen (secondary N) is 1. The molecule has 138 valence electrons. The third-order valence-electron chi connectivity index (χ3n) is 3.93. The Hall–Kier alpha value is -3.68. The quantitative estimate of drug-likeness (QED) is 0.511. The molecule has 0 aliphatic heterocycles. The molecular formula is C19H18N4O4. The summed E-state index contributed by atoms with van der Waals surface area (Å²) >= 11 is 0. The molecule has 8 nitrogen and oxygen atoms in total. The van der Waals surface area contributed by atoms with Gasteiger partial charge in [0.05, 0.1) is 23.4 Å². The molecule has 3 aromatic rings. The Morgan fingerprint density at radius 2 is 1.96 bits per heavy atom. The van der Waals surface area contributed by atoms with Crippen LogP contribution in [0.4, 0.5) is 11.4 Å². The van der Waals surface area contributed by atoms with Crippen molar-refractivity contribution in [2.24, 2.45) is 0 Å². The van der Waals surface area contributed by atoms with Gasteiger partial charge in [-0.1, -0.05) is 24.3 Å². The number of carbonyl (C=O) groups excluding carboxylic acids is 1. The second-order valence-corrected chi connectivity index (χ2v) is 5.94. The van der Waals surface area contributed by atoms with Crippen molar-refractivity contribution in [2.45, 2.75) is 13.5 Å². The maximum atomic E-state index is 12.0. The highest BCUT2D eigenvalue weighted by atomic mass is 16.6. The van der Waals surface area contributed by atoms with Gasteiger partial charge in [0.15, 0.2) is 6.61 Å². The van der Waals surface area contributed by atoms with Gasteiger partial charge in [0.2, 0.25) is 0 Å². The van der Waals surface area contributed by atoms with Crippen molar-refractivity contribution in [3.8, 4) is 5.75 Å². The maximum absolute atomic E-state index is 12.0. The van der Waals surface area contributed by atoms with Crippen LogP contribution in [0, 0.1) is 17.0 Å². The summed E-state index contributed by atoms with van der Waals surface area (Å²) in [4.78, 5) is 22.1. The summed E-state index contributed by atoms with van der Waals surface area (Å²) in [6, 6.07) is 13.6. The molecule has 0 saturated carbocycles. The van der Waals surface area contributed by atoms with E-state index < -0.39 is 4.92 Å². The SMILES string of the molecule is Cc1ccccc1Cn1cc(NC(=O)COc2ccc([N+](=O)[O-])cc2)cn1. The number of non-ortho nitro benzene ring substituents is 1. The first-order valence-corrected chi connectivity index (χ1v) is 8.25. The molecule has 1 amide bonds. The number of nitro groups is 1. The van der Waals surface area contributed by atoms with Gasteiger partial charge >= 0.3 is 0 Å². The van der Waals surface area contributed by atoms with Crippen molar-refractivity contribution in [1.82, 2.24) is 9.78 Å². The normalized spacial score (nSPS) is 10.4. The minimum absolute atomic E-state index is 0.0344. The van der Waals surface area contributed by atoms with Crippen molar-refractivity contribution >= 4 is 17.3 Å². The number of hydrogen-bond donors (Lipinski definition) is 1. The summed E-state index contributed by atoms with van der Waals surface area (Å²) in [6.45, 7) is 2.44. The molecule has 0 aliphatic carbocycles. The number of rotatable bonds is 7. The van der Waals surface area contributed by atoms with Crippen LogP contribution in [0.1, 0.15) is 11.1 Å². The molecule has 0 unspecified atom stereocenters. The summed E-state index contributed by atoms with van der Waals surface area (Å²) in [5.74, 6) is 0.0368. The highest BCUT2D eigenvalue weighted by Gasteiger charge is 2.08. The molecule has 1 heterocycles. The van der Waals surface area contributed by atoms with Crippen molar-refractivity contribution in [1.29, 1.82) is 0 Å². The number of aryl methyl sites for hydroxylation is 1. The van der Waals surface area contributed by atoms with Crippen LogP contribution in [0.3, 0.4) is 0 Å². The average molecular weight is 366 g/mol. The lowest BCUT2D eigenvalue weighted by molar-refractivity contribution is -0.384. The molecule has 2 aromatic carbocycles. The Morgan fingerprint density at radius 1 is 1.22 bits per heavy atom. The molecule has 3 rings (SSSR count). The van der Waals surface area contributed by atoms with E-state index in [1.54, 1.807) is 17.1 Å². The molecule has 0 aliphatic rings. The number of ether oxygens (including phenoxy) is 1. The smallest absolute Gasteiger partial charge is 0.269 e. The fourth-order valence-electron chi connectivity index (χ4n) is 2.49. The van der Waals surface area contributed by atoms with Crippen LogP contribution in [0.25, 0.3) is 0 Å². The first kappa shape index (κ1) is 18.1. The lowest BCUT2D eigenvalue weighted by Gasteiger charge is -2.06. The van der Waals surface area contributed by atoms with Crippen molar-refractivity contribution < 1.29 is 14.5 Å². The summed E-state index contributed by atoms with van der Waals surface area (Å²) in [6.07, 6.45) is 3.32. The molecule has 0 spiro atoms. The van der Waals surface area contributed by atoms with Crippen LogP contribution in [-0.2, 0) is 11.3 Å². The molecule has 0 radical (unpaired) electrons. The number of hydrogen-bond acceptors (Lipinski definition) is 5. The lowest BCUT2D eigenvalue weighted by Crippen LogP contribution is -2.19. The van der Waals surface area contributed by atoms with Crippen molar-refractivity contribution in [2.75, 3.05) is 11.9 Å². The van der Waals surface area contributed by atoms with Crippen LogP contribution < -0.4 is 10.1 Å². The molecule has 0 fully saturated rings. The molecule has 1 aromatic heterocycles. The summed E-state index contributed by atoms with van der Waals surface area (Å²) in [5.41, 5.74) is 2.86. The second-order valence-electron chi connectivity index (χ2n) is 5.94. The highest BCUT2D eigenvalue weighted by Crippen LogP contribution is 2.17. The average Bonchev–Trinajstić information content (AvgIpc) is 3.09. The standard InChI is InChI=1S/C19H18N4O4/c1-14-4-2-3-5-15(14)11-22-12-16(10-20-22)21-19(24)13-27-18-8-6-17(7-9-18)23(25)26/h2-10,12H,11,13H2,1H3,(H,21,24). The second kappa shape index (κ2) is 8.13. The fourth-order valence-corrected chi connectivity index (χ4v) is 2.49. The number of carbonyl (C=O) groups is 1. The molecule has 27 heavy (non-hydrogen) atoms. The molecule has 0 atom stereocenters. The number of amides is 1. The summed E-state index contributed by atoms with van der Waals surface area (Å²) in [5, 5.41) is 17.6. The Balaban J connectivity index is 1.52. The maximum Gasteiger partial charge on any atom is 0.269 e. The summed E-state index contributed by atoms with van der Waals surface area (Å²) in [7, 11) is 0. The van der Waals surface area contributed by atoms with E-state index in [9.17, 15) is 14.9 Å². The van der Waals surface area contributed by atoms with E-state index in [-0.39, 0.29) is 18.2 Å². The predicted octanol–water partition coefficient (Wildman–Crippen LogP) is 3.17. The van der Waals surface area contributed by atoms with E-state index in [2.05, 4.69) is 10.4 Å². The van der Waals surface area contributed by atoms with Crippen LogP contribution in [0.15, 0.2) is 60.9 Å². The van der Waals surface area contributed by atoms with E-state index in [1.807, 2.05) is 31.2 Å². The topological polar surface area (TPSA) is 99.3 Å². The zero-order chi connectivity index (χ0) is 19.2. The Bertz CT molecular complexity index is 950. The number of nitro benzene ring substituents is 1. The van der Waals surface area contributed by atoms with E-state index >= 15 is 0 Å². The fraction of sp³-hybridized carbons (Fsp3) is 0.158. The van der Waals surface area contributed by atoms with Crippen molar-refractivity contribution in [3.05, 3.63) is 82.2 Å².